The topological polar surface area (TPSA) is 80.3 Å². The average molecular weight is 377 g/mol. The fourth-order valence-electron chi connectivity index (χ4n) is 2.75. The quantitative estimate of drug-likeness (QED) is 0.687. The van der Waals surface area contributed by atoms with Crippen molar-refractivity contribution in [3.63, 3.8) is 0 Å². The molecule has 0 bridgehead atoms. The van der Waals surface area contributed by atoms with Crippen LogP contribution in [0.2, 0.25) is 0 Å². The lowest BCUT2D eigenvalue weighted by Crippen LogP contribution is -2.27. The summed E-state index contributed by atoms with van der Waals surface area (Å²) in [6.07, 6.45) is 1.43. The number of amides is 2. The van der Waals surface area contributed by atoms with E-state index in [1.807, 2.05) is 30.3 Å². The molecule has 0 saturated heterocycles. The number of benzene rings is 2. The molecular formula is C22H23N3O3. The molecule has 0 atom stereocenters. The average Bonchev–Trinajstić information content (AvgIpc) is 2.62. The van der Waals surface area contributed by atoms with Gasteiger partial charge in [-0.15, -0.1) is 0 Å². The van der Waals surface area contributed by atoms with Crippen LogP contribution in [0.1, 0.15) is 26.3 Å². The molecule has 2 N–H and O–H groups in total. The van der Waals surface area contributed by atoms with Crippen molar-refractivity contribution in [3.8, 4) is 0 Å². The Labute approximate surface area is 163 Å². The van der Waals surface area contributed by atoms with Gasteiger partial charge in [-0.3, -0.25) is 15.1 Å². The van der Waals surface area contributed by atoms with Crippen LogP contribution >= 0.6 is 0 Å². The summed E-state index contributed by atoms with van der Waals surface area (Å²) in [6.45, 7) is 5.41. The van der Waals surface area contributed by atoms with Crippen LogP contribution in [0, 0.1) is 0 Å². The lowest BCUT2D eigenvalue weighted by Gasteiger charge is -2.19. The number of hydrogen-bond acceptors (Lipinski definition) is 4. The molecular weight excluding hydrogens is 354 g/mol. The predicted molar refractivity (Wildman–Crippen MR) is 110 cm³/mol. The summed E-state index contributed by atoms with van der Waals surface area (Å²) in [7, 11) is 0. The first-order valence-corrected chi connectivity index (χ1v) is 9.03. The van der Waals surface area contributed by atoms with Gasteiger partial charge in [-0.25, -0.2) is 4.79 Å². The van der Waals surface area contributed by atoms with Crippen LogP contribution in [0.5, 0.6) is 0 Å². The molecule has 2 amide bonds. The van der Waals surface area contributed by atoms with E-state index in [0.717, 1.165) is 16.5 Å². The van der Waals surface area contributed by atoms with Gasteiger partial charge in [0.1, 0.15) is 5.60 Å². The van der Waals surface area contributed by atoms with E-state index < -0.39 is 11.7 Å². The molecule has 0 aliphatic carbocycles. The summed E-state index contributed by atoms with van der Waals surface area (Å²) >= 11 is 0. The van der Waals surface area contributed by atoms with Gasteiger partial charge in [0.25, 0.3) is 0 Å². The van der Waals surface area contributed by atoms with Gasteiger partial charge in [0.15, 0.2) is 0 Å². The van der Waals surface area contributed by atoms with Gasteiger partial charge in [0.05, 0.1) is 11.9 Å². The maximum atomic E-state index is 12.4. The number of anilines is 2. The maximum absolute atomic E-state index is 12.4. The molecule has 3 aromatic rings. The molecule has 0 aliphatic heterocycles. The van der Waals surface area contributed by atoms with Crippen molar-refractivity contribution >= 4 is 34.3 Å². The zero-order valence-corrected chi connectivity index (χ0v) is 16.2. The highest BCUT2D eigenvalue weighted by atomic mass is 16.6. The van der Waals surface area contributed by atoms with E-state index in [9.17, 15) is 9.59 Å². The number of nitrogens with zero attached hydrogens (tertiary/aromatic N) is 1. The third kappa shape index (κ3) is 5.30. The molecule has 0 spiro atoms. The van der Waals surface area contributed by atoms with Gasteiger partial charge in [-0.2, -0.15) is 0 Å². The van der Waals surface area contributed by atoms with Gasteiger partial charge in [-0.1, -0.05) is 24.3 Å². The molecule has 1 aromatic heterocycles. The van der Waals surface area contributed by atoms with E-state index in [2.05, 4.69) is 15.6 Å². The van der Waals surface area contributed by atoms with Gasteiger partial charge in [0, 0.05) is 23.0 Å². The fourth-order valence-corrected chi connectivity index (χ4v) is 2.75. The molecule has 2 aromatic carbocycles. The number of rotatable bonds is 4. The van der Waals surface area contributed by atoms with Crippen LogP contribution in [-0.4, -0.2) is 22.6 Å². The summed E-state index contributed by atoms with van der Waals surface area (Å²) in [5.41, 5.74) is 2.38. The Bertz CT molecular complexity index is 987. The maximum Gasteiger partial charge on any atom is 0.412 e. The van der Waals surface area contributed by atoms with Crippen LogP contribution in [0.3, 0.4) is 0 Å². The molecule has 1 heterocycles. The number of fused-ring (bicyclic) bond motifs is 1. The van der Waals surface area contributed by atoms with Crippen molar-refractivity contribution in [2.45, 2.75) is 32.8 Å². The number of aromatic nitrogens is 1. The number of ether oxygens (including phenoxy) is 1. The van der Waals surface area contributed by atoms with Crippen LogP contribution in [0.25, 0.3) is 10.9 Å². The van der Waals surface area contributed by atoms with E-state index in [1.165, 1.54) is 0 Å². The molecule has 0 aliphatic rings. The standard InChI is InChI=1S/C22H23N3O3/c1-22(2,3)28-21(27)25-18-11-9-17(10-12-18)24-19(26)14-16-7-4-6-15-8-5-13-23-20(15)16/h4-13H,14H2,1-3H3,(H,24,26)(H,25,27). The monoisotopic (exact) mass is 377 g/mol. The van der Waals surface area contributed by atoms with E-state index >= 15 is 0 Å². The number of carbonyl (C=O) groups is 2. The summed E-state index contributed by atoms with van der Waals surface area (Å²) < 4.78 is 5.21. The van der Waals surface area contributed by atoms with Crippen LogP contribution in [-0.2, 0) is 16.0 Å². The van der Waals surface area contributed by atoms with Crippen molar-refractivity contribution in [2.75, 3.05) is 10.6 Å². The zero-order valence-electron chi connectivity index (χ0n) is 16.2. The SMILES string of the molecule is CC(C)(C)OC(=O)Nc1ccc(NC(=O)Cc2cccc3cccnc23)cc1. The highest BCUT2D eigenvalue weighted by Crippen LogP contribution is 2.18. The first kappa shape index (κ1) is 19.4. The Balaban J connectivity index is 1.61. The Morgan fingerprint density at radius 2 is 1.57 bits per heavy atom. The molecule has 6 heteroatoms. The lowest BCUT2D eigenvalue weighted by atomic mass is 10.1. The number of para-hydroxylation sites is 1. The smallest absolute Gasteiger partial charge is 0.412 e. The third-order valence-corrected chi connectivity index (χ3v) is 3.88. The zero-order chi connectivity index (χ0) is 20.1. The Kier molecular flexibility index (Phi) is 5.59. The highest BCUT2D eigenvalue weighted by molar-refractivity contribution is 5.95. The predicted octanol–water partition coefficient (Wildman–Crippen LogP) is 4.76. The molecule has 3 rings (SSSR count). The minimum atomic E-state index is -0.561. The Morgan fingerprint density at radius 1 is 0.929 bits per heavy atom. The second-order valence-corrected chi connectivity index (χ2v) is 7.42. The molecule has 28 heavy (non-hydrogen) atoms. The minimum absolute atomic E-state index is 0.133. The van der Waals surface area contributed by atoms with Gasteiger partial charge in [0.2, 0.25) is 5.91 Å². The fraction of sp³-hybridized carbons (Fsp3) is 0.227. The second kappa shape index (κ2) is 8.08. The molecule has 0 unspecified atom stereocenters. The molecule has 0 fully saturated rings. The van der Waals surface area contributed by atoms with Crippen molar-refractivity contribution in [3.05, 3.63) is 66.4 Å². The largest absolute Gasteiger partial charge is 0.444 e. The number of hydrogen-bond donors (Lipinski definition) is 2. The second-order valence-electron chi connectivity index (χ2n) is 7.42. The van der Waals surface area contributed by atoms with Crippen LogP contribution in [0.4, 0.5) is 16.2 Å². The van der Waals surface area contributed by atoms with E-state index in [1.54, 1.807) is 51.2 Å². The van der Waals surface area contributed by atoms with E-state index in [0.29, 0.717) is 11.4 Å². The summed E-state index contributed by atoms with van der Waals surface area (Å²) in [4.78, 5) is 28.6. The lowest BCUT2D eigenvalue weighted by molar-refractivity contribution is -0.115. The highest BCUT2D eigenvalue weighted by Gasteiger charge is 2.16. The molecule has 6 nitrogen and oxygen atoms in total. The van der Waals surface area contributed by atoms with Crippen molar-refractivity contribution < 1.29 is 14.3 Å². The first-order valence-electron chi connectivity index (χ1n) is 9.03. The van der Waals surface area contributed by atoms with Crippen molar-refractivity contribution in [1.29, 1.82) is 0 Å². The normalized spacial score (nSPS) is 11.1. The van der Waals surface area contributed by atoms with Gasteiger partial charge < -0.3 is 10.1 Å². The Morgan fingerprint density at radius 3 is 2.25 bits per heavy atom. The Hall–Kier alpha value is -3.41. The molecule has 0 saturated carbocycles. The van der Waals surface area contributed by atoms with Crippen LogP contribution in [0.15, 0.2) is 60.8 Å². The van der Waals surface area contributed by atoms with Gasteiger partial charge >= 0.3 is 6.09 Å². The molecule has 144 valence electrons. The minimum Gasteiger partial charge on any atom is -0.444 e. The number of carbonyl (C=O) groups excluding carboxylic acids is 2. The first-order chi connectivity index (χ1) is 13.3. The molecule has 0 radical (unpaired) electrons. The summed E-state index contributed by atoms with van der Waals surface area (Å²) in [6, 6.07) is 16.5. The number of pyridine rings is 1. The summed E-state index contributed by atoms with van der Waals surface area (Å²) in [5.74, 6) is -0.133. The van der Waals surface area contributed by atoms with Gasteiger partial charge in [-0.05, 0) is 56.7 Å². The summed E-state index contributed by atoms with van der Waals surface area (Å²) in [5, 5.41) is 6.53. The van der Waals surface area contributed by atoms with E-state index in [-0.39, 0.29) is 12.3 Å². The third-order valence-electron chi connectivity index (χ3n) is 3.88. The van der Waals surface area contributed by atoms with Crippen molar-refractivity contribution in [2.24, 2.45) is 0 Å². The van der Waals surface area contributed by atoms with Crippen molar-refractivity contribution in [1.82, 2.24) is 4.98 Å². The number of nitrogens with one attached hydrogen (secondary N) is 2. The van der Waals surface area contributed by atoms with E-state index in [4.69, 9.17) is 4.74 Å². The van der Waals surface area contributed by atoms with Crippen LogP contribution < -0.4 is 10.6 Å².